The van der Waals surface area contributed by atoms with Crippen molar-refractivity contribution >= 4 is 47.4 Å². The van der Waals surface area contributed by atoms with Gasteiger partial charge in [-0.15, -0.1) is 12.4 Å². The number of amides is 1. The van der Waals surface area contributed by atoms with Crippen LogP contribution in [-0.2, 0) is 4.79 Å². The van der Waals surface area contributed by atoms with Gasteiger partial charge in [-0.1, -0.05) is 48.5 Å². The molecule has 1 saturated heterocycles. The van der Waals surface area contributed by atoms with Crippen LogP contribution >= 0.6 is 35.8 Å². The van der Waals surface area contributed by atoms with Crippen LogP contribution in [0.25, 0.3) is 0 Å². The summed E-state index contributed by atoms with van der Waals surface area (Å²) in [5.41, 5.74) is 0.747. The van der Waals surface area contributed by atoms with Crippen LogP contribution < -0.4 is 10.6 Å². The predicted molar refractivity (Wildman–Crippen MR) is 103 cm³/mol. The minimum atomic E-state index is 0. The van der Waals surface area contributed by atoms with Crippen molar-refractivity contribution in [2.75, 3.05) is 18.4 Å². The molecule has 2 aromatic rings. The normalized spacial score (nSPS) is 15.1. The minimum Gasteiger partial charge on any atom is -0.326 e. The van der Waals surface area contributed by atoms with Gasteiger partial charge >= 0.3 is 0 Å². The molecule has 1 aliphatic rings. The Bertz CT molecular complexity index is 693. The lowest BCUT2D eigenvalue weighted by Gasteiger charge is -2.31. The topological polar surface area (TPSA) is 41.1 Å². The predicted octanol–water partition coefficient (Wildman–Crippen LogP) is 4.71. The van der Waals surface area contributed by atoms with Gasteiger partial charge in [-0.25, -0.2) is 0 Å². The molecule has 0 saturated carbocycles. The first-order chi connectivity index (χ1) is 11.1. The molecule has 24 heavy (non-hydrogen) atoms. The zero-order chi connectivity index (χ0) is 16.2. The van der Waals surface area contributed by atoms with E-state index < -0.39 is 0 Å². The lowest BCUT2D eigenvalue weighted by Crippen LogP contribution is -2.48. The molecule has 3 rings (SSSR count). The lowest BCUT2D eigenvalue weighted by atomic mass is 9.88. The van der Waals surface area contributed by atoms with E-state index in [1.165, 1.54) is 0 Å². The van der Waals surface area contributed by atoms with Crippen LogP contribution in [-0.4, -0.2) is 19.0 Å². The van der Waals surface area contributed by atoms with Crippen molar-refractivity contribution in [3.63, 3.8) is 0 Å². The largest absolute Gasteiger partial charge is 0.326 e. The molecule has 0 aliphatic carbocycles. The highest BCUT2D eigenvalue weighted by Gasteiger charge is 2.28. The Morgan fingerprint density at radius 3 is 2.54 bits per heavy atom. The Kier molecular flexibility index (Phi) is 6.99. The molecule has 2 aromatic carbocycles. The molecule has 2 N–H and O–H groups in total. The summed E-state index contributed by atoms with van der Waals surface area (Å²) in [5.74, 6) is 0.489. The van der Waals surface area contributed by atoms with Crippen LogP contribution in [0.15, 0.2) is 58.3 Å². The Hall–Kier alpha value is -1.20. The van der Waals surface area contributed by atoms with E-state index in [1.54, 1.807) is 11.8 Å². The standard InChI is InChI=1S/C18H19ClN2OS.ClH/c1-12(13-10-20-11-13)18(22)21-14-7-8-17(16(19)9-14)23-15-5-3-2-4-6-15;/h2-9,12-13,20H,10-11H2,1H3,(H,21,22);1H. The van der Waals surface area contributed by atoms with E-state index in [0.717, 1.165) is 28.6 Å². The van der Waals surface area contributed by atoms with Crippen molar-refractivity contribution in [1.82, 2.24) is 5.32 Å². The second-order valence-corrected chi connectivity index (χ2v) is 7.28. The van der Waals surface area contributed by atoms with E-state index >= 15 is 0 Å². The van der Waals surface area contributed by atoms with Gasteiger partial charge in [-0.05, 0) is 49.3 Å². The molecule has 0 spiro atoms. The summed E-state index contributed by atoms with van der Waals surface area (Å²) in [6, 6.07) is 15.8. The highest BCUT2D eigenvalue weighted by atomic mass is 35.5. The SMILES string of the molecule is CC(C(=O)Nc1ccc(Sc2ccccc2)c(Cl)c1)C1CNC1.Cl. The Morgan fingerprint density at radius 1 is 1.25 bits per heavy atom. The Morgan fingerprint density at radius 2 is 1.96 bits per heavy atom. The van der Waals surface area contributed by atoms with Gasteiger partial charge in [0, 0.05) is 21.4 Å². The fourth-order valence-electron chi connectivity index (χ4n) is 2.41. The number of benzene rings is 2. The molecule has 1 amide bonds. The van der Waals surface area contributed by atoms with Crippen molar-refractivity contribution in [1.29, 1.82) is 0 Å². The van der Waals surface area contributed by atoms with Crippen LogP contribution in [0, 0.1) is 11.8 Å². The number of carbonyl (C=O) groups is 1. The van der Waals surface area contributed by atoms with Crippen molar-refractivity contribution < 1.29 is 4.79 Å². The summed E-state index contributed by atoms with van der Waals surface area (Å²) in [4.78, 5) is 14.4. The first-order valence-electron chi connectivity index (χ1n) is 7.67. The molecule has 1 atom stereocenters. The number of hydrogen-bond acceptors (Lipinski definition) is 3. The van der Waals surface area contributed by atoms with Crippen LogP contribution in [0.2, 0.25) is 5.02 Å². The minimum absolute atomic E-state index is 0. The molecule has 0 radical (unpaired) electrons. The molecule has 1 aliphatic heterocycles. The molecule has 1 fully saturated rings. The molecular formula is C18H20Cl2N2OS. The van der Waals surface area contributed by atoms with Gasteiger partial charge in [0.1, 0.15) is 0 Å². The second-order valence-electron chi connectivity index (χ2n) is 5.76. The van der Waals surface area contributed by atoms with Gasteiger partial charge in [0.25, 0.3) is 0 Å². The van der Waals surface area contributed by atoms with Crippen LogP contribution in [0.3, 0.4) is 0 Å². The smallest absolute Gasteiger partial charge is 0.227 e. The first kappa shape index (κ1) is 19.1. The van der Waals surface area contributed by atoms with Gasteiger partial charge in [0.05, 0.1) is 5.02 Å². The second kappa shape index (κ2) is 8.77. The Labute approximate surface area is 158 Å². The molecular weight excluding hydrogens is 363 g/mol. The summed E-state index contributed by atoms with van der Waals surface area (Å²) in [6.07, 6.45) is 0. The molecule has 6 heteroatoms. The summed E-state index contributed by atoms with van der Waals surface area (Å²) in [5, 5.41) is 6.81. The Balaban J connectivity index is 0.00000208. The zero-order valence-corrected chi connectivity index (χ0v) is 15.7. The number of nitrogens with one attached hydrogen (secondary N) is 2. The molecule has 1 heterocycles. The van der Waals surface area contributed by atoms with E-state index in [-0.39, 0.29) is 24.2 Å². The highest BCUT2D eigenvalue weighted by Crippen LogP contribution is 2.34. The third-order valence-corrected chi connectivity index (χ3v) is 5.61. The van der Waals surface area contributed by atoms with Gasteiger partial charge < -0.3 is 10.6 Å². The summed E-state index contributed by atoms with van der Waals surface area (Å²) in [7, 11) is 0. The van der Waals surface area contributed by atoms with Gasteiger partial charge in [0.2, 0.25) is 5.91 Å². The summed E-state index contributed by atoms with van der Waals surface area (Å²) < 4.78 is 0. The van der Waals surface area contributed by atoms with E-state index in [4.69, 9.17) is 11.6 Å². The number of halogens is 2. The van der Waals surface area contributed by atoms with E-state index in [9.17, 15) is 4.79 Å². The lowest BCUT2D eigenvalue weighted by molar-refractivity contribution is -0.121. The number of hydrogen-bond donors (Lipinski definition) is 2. The van der Waals surface area contributed by atoms with Gasteiger partial charge in [0.15, 0.2) is 0 Å². The average Bonchev–Trinajstić information content (AvgIpc) is 2.49. The van der Waals surface area contributed by atoms with Crippen molar-refractivity contribution in [2.45, 2.75) is 16.7 Å². The van der Waals surface area contributed by atoms with Gasteiger partial charge in [-0.2, -0.15) is 0 Å². The summed E-state index contributed by atoms with van der Waals surface area (Å²) in [6.45, 7) is 3.81. The maximum absolute atomic E-state index is 12.2. The number of rotatable bonds is 5. The van der Waals surface area contributed by atoms with E-state index in [1.807, 2.05) is 55.5 Å². The molecule has 1 unspecified atom stereocenters. The fraction of sp³-hybridized carbons (Fsp3) is 0.278. The van der Waals surface area contributed by atoms with E-state index in [2.05, 4.69) is 10.6 Å². The highest BCUT2D eigenvalue weighted by molar-refractivity contribution is 7.99. The van der Waals surface area contributed by atoms with Crippen LogP contribution in [0.5, 0.6) is 0 Å². The molecule has 3 nitrogen and oxygen atoms in total. The first-order valence-corrected chi connectivity index (χ1v) is 8.87. The quantitative estimate of drug-likeness (QED) is 0.786. The number of anilines is 1. The third-order valence-electron chi connectivity index (χ3n) is 4.10. The monoisotopic (exact) mass is 382 g/mol. The fourth-order valence-corrected chi connectivity index (χ4v) is 3.55. The van der Waals surface area contributed by atoms with Gasteiger partial charge in [-0.3, -0.25) is 4.79 Å². The molecule has 128 valence electrons. The molecule has 0 bridgehead atoms. The van der Waals surface area contributed by atoms with Crippen molar-refractivity contribution in [3.05, 3.63) is 53.6 Å². The summed E-state index contributed by atoms with van der Waals surface area (Å²) >= 11 is 7.97. The third kappa shape index (κ3) is 4.67. The maximum Gasteiger partial charge on any atom is 0.227 e. The number of carbonyl (C=O) groups excluding carboxylic acids is 1. The van der Waals surface area contributed by atoms with Crippen LogP contribution in [0.4, 0.5) is 5.69 Å². The van der Waals surface area contributed by atoms with E-state index in [0.29, 0.717) is 10.9 Å². The van der Waals surface area contributed by atoms with Crippen molar-refractivity contribution in [2.24, 2.45) is 11.8 Å². The van der Waals surface area contributed by atoms with Crippen molar-refractivity contribution in [3.8, 4) is 0 Å². The van der Waals surface area contributed by atoms with Crippen LogP contribution in [0.1, 0.15) is 6.92 Å². The molecule has 0 aromatic heterocycles. The maximum atomic E-state index is 12.2. The zero-order valence-electron chi connectivity index (χ0n) is 13.3. The average molecular weight is 383 g/mol.